The maximum Gasteiger partial charge on any atom is 0.269 e. The minimum absolute atomic E-state index is 0.0261. The van der Waals surface area contributed by atoms with Gasteiger partial charge in [0.2, 0.25) is 0 Å². The molecule has 0 fully saturated rings. The molecule has 0 aliphatic heterocycles. The third-order valence-corrected chi connectivity index (χ3v) is 4.04. The molecule has 0 radical (unpaired) electrons. The molecular weight excluding hydrogens is 356 g/mol. The summed E-state index contributed by atoms with van der Waals surface area (Å²) in [6.07, 6.45) is 0. The van der Waals surface area contributed by atoms with Crippen molar-refractivity contribution in [3.8, 4) is 11.5 Å². The molecule has 0 aliphatic rings. The summed E-state index contributed by atoms with van der Waals surface area (Å²) in [5.74, 6) is 1.11. The summed E-state index contributed by atoms with van der Waals surface area (Å²) in [7, 11) is 1.57. The van der Waals surface area contributed by atoms with Crippen molar-refractivity contribution in [3.05, 3.63) is 62.7 Å². The van der Waals surface area contributed by atoms with Gasteiger partial charge in [-0.25, -0.2) is 0 Å². The number of non-ortho nitro benzene ring substituents is 1. The first-order chi connectivity index (χ1) is 12.2. The molecule has 0 aromatic heterocycles. The molecule has 2 aromatic rings. The first-order valence-corrected chi connectivity index (χ1v) is 8.55. The van der Waals surface area contributed by atoms with E-state index < -0.39 is 4.92 Å². The summed E-state index contributed by atoms with van der Waals surface area (Å²) in [4.78, 5) is 10.3. The molecule has 0 bridgehead atoms. The number of nitro groups is 1. The highest BCUT2D eigenvalue weighted by molar-refractivity contribution is 6.31. The molecule has 0 aliphatic carbocycles. The molecule has 2 aromatic carbocycles. The van der Waals surface area contributed by atoms with Crippen LogP contribution in [0, 0.1) is 10.1 Å². The second kappa shape index (κ2) is 8.38. The van der Waals surface area contributed by atoms with Crippen molar-refractivity contribution in [3.63, 3.8) is 0 Å². The lowest BCUT2D eigenvalue weighted by molar-refractivity contribution is -0.384. The van der Waals surface area contributed by atoms with Crippen molar-refractivity contribution >= 4 is 17.3 Å². The van der Waals surface area contributed by atoms with E-state index in [-0.39, 0.29) is 17.8 Å². The Kier molecular flexibility index (Phi) is 6.45. The zero-order valence-electron chi connectivity index (χ0n) is 15.3. The largest absolute Gasteiger partial charge is 0.493 e. The third-order valence-electron chi connectivity index (χ3n) is 3.68. The van der Waals surface area contributed by atoms with Crippen LogP contribution < -0.4 is 14.8 Å². The second-order valence-corrected chi connectivity index (χ2v) is 7.32. The lowest BCUT2D eigenvalue weighted by Gasteiger charge is -2.21. The van der Waals surface area contributed by atoms with Gasteiger partial charge in [0.05, 0.1) is 12.0 Å². The van der Waals surface area contributed by atoms with Gasteiger partial charge >= 0.3 is 0 Å². The number of hydrogen-bond donors (Lipinski definition) is 1. The van der Waals surface area contributed by atoms with Crippen LogP contribution in [0.1, 0.15) is 31.9 Å². The normalized spacial score (nSPS) is 11.3. The fraction of sp³-hybridized carbons (Fsp3) is 0.368. The molecule has 0 saturated heterocycles. The highest BCUT2D eigenvalue weighted by Crippen LogP contribution is 2.34. The summed E-state index contributed by atoms with van der Waals surface area (Å²) < 4.78 is 11.2. The predicted octanol–water partition coefficient (Wildman–Crippen LogP) is 4.72. The fourth-order valence-corrected chi connectivity index (χ4v) is 2.44. The molecule has 0 atom stereocenters. The van der Waals surface area contributed by atoms with E-state index in [2.05, 4.69) is 26.1 Å². The van der Waals surface area contributed by atoms with Crippen LogP contribution >= 0.6 is 11.6 Å². The zero-order chi connectivity index (χ0) is 19.3. The quantitative estimate of drug-likeness (QED) is 0.557. The van der Waals surface area contributed by atoms with Crippen molar-refractivity contribution in [1.82, 2.24) is 5.32 Å². The summed E-state index contributed by atoms with van der Waals surface area (Å²) in [6.45, 7) is 7.12. The molecule has 26 heavy (non-hydrogen) atoms. The van der Waals surface area contributed by atoms with Crippen LogP contribution in [0.5, 0.6) is 11.5 Å². The topological polar surface area (TPSA) is 73.6 Å². The Morgan fingerprint density at radius 2 is 1.81 bits per heavy atom. The van der Waals surface area contributed by atoms with Crippen LogP contribution in [-0.2, 0) is 13.2 Å². The Morgan fingerprint density at radius 1 is 1.15 bits per heavy atom. The number of ether oxygens (including phenoxy) is 2. The van der Waals surface area contributed by atoms with E-state index in [1.165, 1.54) is 12.1 Å². The van der Waals surface area contributed by atoms with Crippen molar-refractivity contribution in [1.29, 1.82) is 0 Å². The molecular formula is C19H23ClN2O4. The minimum Gasteiger partial charge on any atom is -0.493 e. The van der Waals surface area contributed by atoms with E-state index in [4.69, 9.17) is 21.1 Å². The van der Waals surface area contributed by atoms with Gasteiger partial charge < -0.3 is 14.8 Å². The first kappa shape index (κ1) is 20.0. The van der Waals surface area contributed by atoms with Gasteiger partial charge in [-0.2, -0.15) is 0 Å². The number of hydrogen-bond acceptors (Lipinski definition) is 5. The van der Waals surface area contributed by atoms with E-state index >= 15 is 0 Å². The summed E-state index contributed by atoms with van der Waals surface area (Å²) in [5.41, 5.74) is 1.75. The average molecular weight is 379 g/mol. The van der Waals surface area contributed by atoms with Crippen LogP contribution in [0.3, 0.4) is 0 Å². The maximum absolute atomic E-state index is 10.7. The number of nitrogens with one attached hydrogen (secondary N) is 1. The lowest BCUT2D eigenvalue weighted by Crippen LogP contribution is -2.35. The van der Waals surface area contributed by atoms with Crippen molar-refractivity contribution in [2.75, 3.05) is 7.11 Å². The van der Waals surface area contributed by atoms with Crippen molar-refractivity contribution in [2.24, 2.45) is 0 Å². The summed E-state index contributed by atoms with van der Waals surface area (Å²) >= 11 is 6.37. The lowest BCUT2D eigenvalue weighted by atomic mass is 10.1. The molecule has 7 heteroatoms. The number of rotatable bonds is 7. The molecule has 0 unspecified atom stereocenters. The smallest absolute Gasteiger partial charge is 0.269 e. The molecule has 2 rings (SSSR count). The second-order valence-electron chi connectivity index (χ2n) is 6.91. The van der Waals surface area contributed by atoms with Gasteiger partial charge in [-0.3, -0.25) is 10.1 Å². The van der Waals surface area contributed by atoms with Crippen LogP contribution in [0.2, 0.25) is 5.02 Å². The van der Waals surface area contributed by atoms with E-state index in [1.54, 1.807) is 25.3 Å². The van der Waals surface area contributed by atoms with Gasteiger partial charge in [0.1, 0.15) is 6.61 Å². The van der Waals surface area contributed by atoms with Gasteiger partial charge in [-0.1, -0.05) is 11.6 Å². The van der Waals surface area contributed by atoms with Gasteiger partial charge in [0.25, 0.3) is 5.69 Å². The van der Waals surface area contributed by atoms with E-state index in [0.717, 1.165) is 11.1 Å². The molecule has 0 amide bonds. The monoisotopic (exact) mass is 378 g/mol. The number of nitrogens with zero attached hydrogens (tertiary/aromatic N) is 1. The van der Waals surface area contributed by atoms with Gasteiger partial charge in [-0.15, -0.1) is 0 Å². The summed E-state index contributed by atoms with van der Waals surface area (Å²) in [6, 6.07) is 9.80. The Morgan fingerprint density at radius 3 is 2.35 bits per heavy atom. The zero-order valence-corrected chi connectivity index (χ0v) is 16.1. The number of benzene rings is 2. The van der Waals surface area contributed by atoms with Crippen LogP contribution in [-0.4, -0.2) is 17.6 Å². The average Bonchev–Trinajstić information content (AvgIpc) is 2.58. The van der Waals surface area contributed by atoms with Gasteiger partial charge in [-0.05, 0) is 50.1 Å². The fourth-order valence-electron chi connectivity index (χ4n) is 2.22. The number of methoxy groups -OCH3 is 1. The minimum atomic E-state index is -0.433. The van der Waals surface area contributed by atoms with E-state index in [1.807, 2.05) is 6.07 Å². The predicted molar refractivity (Wildman–Crippen MR) is 102 cm³/mol. The van der Waals surface area contributed by atoms with Crippen LogP contribution in [0.4, 0.5) is 5.69 Å². The standard InChI is InChI=1S/C19H23ClN2O4/c1-19(2,3)21-11-14-9-17(25-4)18(10-16(14)20)26-12-13-5-7-15(8-6-13)22(23)24/h5-10,21H,11-12H2,1-4H3. The molecule has 6 nitrogen and oxygen atoms in total. The number of halogens is 1. The van der Waals surface area contributed by atoms with Crippen LogP contribution in [0.15, 0.2) is 36.4 Å². The molecule has 0 saturated carbocycles. The Balaban J connectivity index is 2.11. The molecule has 140 valence electrons. The number of nitro benzene ring substituents is 1. The summed E-state index contributed by atoms with van der Waals surface area (Å²) in [5, 5.41) is 14.7. The van der Waals surface area contributed by atoms with E-state index in [0.29, 0.717) is 23.1 Å². The molecule has 0 spiro atoms. The van der Waals surface area contributed by atoms with Gasteiger partial charge in [0, 0.05) is 35.3 Å². The highest BCUT2D eigenvalue weighted by atomic mass is 35.5. The first-order valence-electron chi connectivity index (χ1n) is 8.17. The van der Waals surface area contributed by atoms with Crippen LogP contribution in [0.25, 0.3) is 0 Å². The van der Waals surface area contributed by atoms with Crippen molar-refractivity contribution in [2.45, 2.75) is 39.5 Å². The molecule has 1 N–H and O–H groups in total. The van der Waals surface area contributed by atoms with Gasteiger partial charge in [0.15, 0.2) is 11.5 Å². The molecule has 0 heterocycles. The Labute approximate surface area is 158 Å². The SMILES string of the molecule is COc1cc(CNC(C)(C)C)c(Cl)cc1OCc1ccc([N+](=O)[O-])cc1. The Hall–Kier alpha value is -2.31. The maximum atomic E-state index is 10.7. The van der Waals surface area contributed by atoms with Crippen molar-refractivity contribution < 1.29 is 14.4 Å². The Bertz CT molecular complexity index is 770. The van der Waals surface area contributed by atoms with E-state index in [9.17, 15) is 10.1 Å². The highest BCUT2D eigenvalue weighted by Gasteiger charge is 2.14. The third kappa shape index (κ3) is 5.61.